The summed E-state index contributed by atoms with van der Waals surface area (Å²) >= 11 is 0. The maximum Gasteiger partial charge on any atom is 0.169 e. The summed E-state index contributed by atoms with van der Waals surface area (Å²) in [5, 5.41) is 0. The average Bonchev–Trinajstić information content (AvgIpc) is 2.49. The minimum atomic E-state index is 1.13. The second-order valence-corrected chi connectivity index (χ2v) is 4.97. The fourth-order valence-electron chi connectivity index (χ4n) is 2.24. The van der Waals surface area contributed by atoms with E-state index < -0.39 is 0 Å². The molecule has 0 bridgehead atoms. The van der Waals surface area contributed by atoms with E-state index in [-0.39, 0.29) is 0 Å². The van der Waals surface area contributed by atoms with E-state index in [1.54, 1.807) is 0 Å². The van der Waals surface area contributed by atoms with Gasteiger partial charge in [-0.15, -0.1) is 0 Å². The summed E-state index contributed by atoms with van der Waals surface area (Å²) in [4.78, 5) is 4.05. The lowest BCUT2D eigenvalue weighted by Gasteiger charge is -2.01. The first kappa shape index (κ1) is 13.7. The van der Waals surface area contributed by atoms with E-state index >= 15 is 0 Å². The first-order chi connectivity index (χ1) is 9.40. The van der Waals surface area contributed by atoms with Crippen LogP contribution in [0.1, 0.15) is 39.0 Å². The number of hydrogen-bond donors (Lipinski definition) is 0. The van der Waals surface area contributed by atoms with E-state index in [1.165, 1.54) is 43.2 Å². The standard InChI is InChI=1S/C17H23N2/c1-2-3-4-5-6-13-19-14-9-17(10-15-19)16-7-11-18-12-8-16/h7-12,14-15H,2-6,13H2,1H3/q+1. The Morgan fingerprint density at radius 1 is 0.842 bits per heavy atom. The molecule has 0 fully saturated rings. The van der Waals surface area contributed by atoms with Gasteiger partial charge in [-0.2, -0.15) is 0 Å². The van der Waals surface area contributed by atoms with Crippen molar-refractivity contribution in [3.8, 4) is 11.1 Å². The summed E-state index contributed by atoms with van der Waals surface area (Å²) < 4.78 is 2.27. The van der Waals surface area contributed by atoms with Gasteiger partial charge in [-0.25, -0.2) is 4.57 Å². The molecule has 0 aliphatic heterocycles. The molecule has 100 valence electrons. The number of aryl methyl sites for hydroxylation is 1. The minimum Gasteiger partial charge on any atom is -0.265 e. The molecule has 0 aliphatic rings. The van der Waals surface area contributed by atoms with Crippen LogP contribution in [0.2, 0.25) is 0 Å². The monoisotopic (exact) mass is 255 g/mol. The zero-order valence-corrected chi connectivity index (χ0v) is 11.8. The zero-order valence-electron chi connectivity index (χ0n) is 11.8. The summed E-state index contributed by atoms with van der Waals surface area (Å²) in [5.74, 6) is 0. The topological polar surface area (TPSA) is 16.8 Å². The van der Waals surface area contributed by atoms with Gasteiger partial charge in [0, 0.05) is 30.9 Å². The molecule has 0 N–H and O–H groups in total. The molecule has 0 spiro atoms. The lowest BCUT2D eigenvalue weighted by Crippen LogP contribution is -2.32. The molecule has 0 saturated carbocycles. The van der Waals surface area contributed by atoms with E-state index in [0.717, 1.165) is 6.54 Å². The van der Waals surface area contributed by atoms with Crippen LogP contribution < -0.4 is 4.57 Å². The van der Waals surface area contributed by atoms with Crippen molar-refractivity contribution in [3.05, 3.63) is 49.1 Å². The lowest BCUT2D eigenvalue weighted by molar-refractivity contribution is -0.697. The molecular weight excluding hydrogens is 232 g/mol. The summed E-state index contributed by atoms with van der Waals surface area (Å²) in [7, 11) is 0. The van der Waals surface area contributed by atoms with Gasteiger partial charge in [0.15, 0.2) is 12.4 Å². The van der Waals surface area contributed by atoms with Crippen LogP contribution in [0.15, 0.2) is 49.1 Å². The maximum absolute atomic E-state index is 4.05. The molecule has 0 aliphatic carbocycles. The largest absolute Gasteiger partial charge is 0.265 e. The number of hydrogen-bond acceptors (Lipinski definition) is 1. The van der Waals surface area contributed by atoms with E-state index in [9.17, 15) is 0 Å². The first-order valence-corrected chi connectivity index (χ1v) is 7.29. The number of nitrogens with zero attached hydrogens (tertiary/aromatic N) is 2. The highest BCUT2D eigenvalue weighted by atomic mass is 14.9. The molecule has 2 nitrogen and oxygen atoms in total. The van der Waals surface area contributed by atoms with Crippen molar-refractivity contribution in [2.24, 2.45) is 0 Å². The quantitative estimate of drug-likeness (QED) is 0.539. The fourth-order valence-corrected chi connectivity index (χ4v) is 2.24. The van der Waals surface area contributed by atoms with Gasteiger partial charge in [-0.1, -0.05) is 26.2 Å². The van der Waals surface area contributed by atoms with Crippen molar-refractivity contribution in [1.82, 2.24) is 4.98 Å². The summed E-state index contributed by atoms with van der Waals surface area (Å²) in [6.07, 6.45) is 14.7. The molecule has 2 aromatic heterocycles. The van der Waals surface area contributed by atoms with Crippen LogP contribution in [-0.2, 0) is 6.54 Å². The number of rotatable bonds is 7. The van der Waals surface area contributed by atoms with Crippen LogP contribution >= 0.6 is 0 Å². The first-order valence-electron chi connectivity index (χ1n) is 7.29. The van der Waals surface area contributed by atoms with Crippen LogP contribution in [0.3, 0.4) is 0 Å². The normalized spacial score (nSPS) is 10.6. The summed E-state index contributed by atoms with van der Waals surface area (Å²) in [5.41, 5.74) is 2.48. The Kier molecular flexibility index (Phi) is 5.54. The van der Waals surface area contributed by atoms with Crippen molar-refractivity contribution in [2.45, 2.75) is 45.6 Å². The molecule has 0 aromatic carbocycles. The van der Waals surface area contributed by atoms with Gasteiger partial charge >= 0.3 is 0 Å². The van der Waals surface area contributed by atoms with Crippen LogP contribution in [0.4, 0.5) is 0 Å². The van der Waals surface area contributed by atoms with Crippen molar-refractivity contribution >= 4 is 0 Å². The number of unbranched alkanes of at least 4 members (excludes halogenated alkanes) is 4. The predicted octanol–water partition coefficient (Wildman–Crippen LogP) is 4.01. The third-order valence-electron chi connectivity index (χ3n) is 3.42. The second kappa shape index (κ2) is 7.67. The van der Waals surface area contributed by atoms with E-state index in [1.807, 2.05) is 24.5 Å². The van der Waals surface area contributed by atoms with Crippen LogP contribution in [0.5, 0.6) is 0 Å². The SMILES string of the molecule is CCCCCCC[n+]1ccc(-c2ccncc2)cc1. The third kappa shape index (κ3) is 4.47. The van der Waals surface area contributed by atoms with Crippen molar-refractivity contribution in [1.29, 1.82) is 0 Å². The molecule has 19 heavy (non-hydrogen) atoms. The highest BCUT2D eigenvalue weighted by molar-refractivity contribution is 5.61. The Bertz CT molecular complexity index is 462. The van der Waals surface area contributed by atoms with Gasteiger partial charge in [-0.3, -0.25) is 4.98 Å². The molecule has 0 atom stereocenters. The van der Waals surface area contributed by atoms with Gasteiger partial charge in [0.05, 0.1) is 0 Å². The summed E-state index contributed by atoms with van der Waals surface area (Å²) in [6, 6.07) is 8.46. The molecule has 2 heterocycles. The van der Waals surface area contributed by atoms with E-state index in [2.05, 4.69) is 41.0 Å². The molecule has 2 rings (SSSR count). The van der Waals surface area contributed by atoms with Gasteiger partial charge < -0.3 is 0 Å². The predicted molar refractivity (Wildman–Crippen MR) is 78.6 cm³/mol. The summed E-state index contributed by atoms with van der Waals surface area (Å²) in [6.45, 7) is 3.38. The van der Waals surface area contributed by atoms with Crippen LogP contribution in [0.25, 0.3) is 11.1 Å². The van der Waals surface area contributed by atoms with E-state index in [0.29, 0.717) is 0 Å². The number of pyridine rings is 2. The maximum atomic E-state index is 4.05. The molecule has 0 amide bonds. The highest BCUT2D eigenvalue weighted by Crippen LogP contribution is 2.15. The van der Waals surface area contributed by atoms with Gasteiger partial charge in [0.2, 0.25) is 0 Å². The Hall–Kier alpha value is -1.70. The molecule has 0 saturated heterocycles. The van der Waals surface area contributed by atoms with Crippen LogP contribution in [-0.4, -0.2) is 4.98 Å². The number of aromatic nitrogens is 2. The Morgan fingerprint density at radius 3 is 2.16 bits per heavy atom. The smallest absolute Gasteiger partial charge is 0.169 e. The van der Waals surface area contributed by atoms with Gasteiger partial charge in [-0.05, 0) is 29.7 Å². The third-order valence-corrected chi connectivity index (χ3v) is 3.42. The highest BCUT2D eigenvalue weighted by Gasteiger charge is 2.02. The molecule has 2 heteroatoms. The van der Waals surface area contributed by atoms with Crippen molar-refractivity contribution in [2.75, 3.05) is 0 Å². The average molecular weight is 255 g/mol. The zero-order chi connectivity index (χ0) is 13.3. The van der Waals surface area contributed by atoms with E-state index in [4.69, 9.17) is 0 Å². The molecule has 0 unspecified atom stereocenters. The Labute approximate surface area is 116 Å². The lowest BCUT2D eigenvalue weighted by atomic mass is 10.1. The minimum absolute atomic E-state index is 1.13. The Balaban J connectivity index is 1.85. The molecule has 2 aromatic rings. The van der Waals surface area contributed by atoms with Crippen molar-refractivity contribution < 1.29 is 4.57 Å². The molecule has 0 radical (unpaired) electrons. The van der Waals surface area contributed by atoms with Crippen LogP contribution in [0, 0.1) is 0 Å². The Morgan fingerprint density at radius 2 is 1.47 bits per heavy atom. The van der Waals surface area contributed by atoms with Gasteiger partial charge in [0.25, 0.3) is 0 Å². The second-order valence-electron chi connectivity index (χ2n) is 4.97. The molecular formula is C17H23N2+. The van der Waals surface area contributed by atoms with Gasteiger partial charge in [0.1, 0.15) is 6.54 Å². The van der Waals surface area contributed by atoms with Crippen molar-refractivity contribution in [3.63, 3.8) is 0 Å². The fraction of sp³-hybridized carbons (Fsp3) is 0.412.